The summed E-state index contributed by atoms with van der Waals surface area (Å²) in [6.45, 7) is -1.45. The van der Waals surface area contributed by atoms with Gasteiger partial charge in [-0.2, -0.15) is 13.3 Å². The first-order chi connectivity index (χ1) is 13.6. The molecule has 1 aliphatic rings. The van der Waals surface area contributed by atoms with E-state index in [1.807, 2.05) is 12.1 Å². The van der Waals surface area contributed by atoms with Crippen LogP contribution in [-0.4, -0.2) is 45.4 Å². The van der Waals surface area contributed by atoms with Crippen LogP contribution in [0.25, 0.3) is 5.65 Å². The third-order valence-electron chi connectivity index (χ3n) is 4.68. The van der Waals surface area contributed by atoms with Gasteiger partial charge in [0.2, 0.25) is 5.91 Å². The molecule has 0 atom stereocenters. The number of ether oxygens (including phenoxy) is 1. The second-order valence-electron chi connectivity index (χ2n) is 6.48. The molecule has 1 saturated heterocycles. The number of carbonyl (C=O) groups is 1. The zero-order valence-electron chi connectivity index (χ0n) is 14.8. The Hall–Kier alpha value is -3.30. The van der Waals surface area contributed by atoms with Crippen molar-refractivity contribution in [3.8, 4) is 5.75 Å². The van der Waals surface area contributed by atoms with Crippen LogP contribution in [0.3, 0.4) is 0 Å². The Kier molecular flexibility index (Phi) is 5.00. The van der Waals surface area contributed by atoms with Crippen molar-refractivity contribution in [2.24, 2.45) is 5.92 Å². The van der Waals surface area contributed by atoms with E-state index >= 15 is 0 Å². The molecule has 1 N–H and O–H groups in total. The standard InChI is InChI=1S/C18H18F2N6O2/c19-18(20)28-14-3-1-13(2-4-14)22-17(27)12-7-9-25(10-8-12)16-6-5-15-23-21-11-26(15)24-16/h1-6,11-12,18H,7-10H2,(H,22,27). The number of anilines is 2. The Morgan fingerprint density at radius 3 is 2.61 bits per heavy atom. The Balaban J connectivity index is 1.32. The monoisotopic (exact) mass is 388 g/mol. The number of alkyl halides is 2. The van der Waals surface area contributed by atoms with E-state index in [0.717, 1.165) is 5.82 Å². The quantitative estimate of drug-likeness (QED) is 0.723. The van der Waals surface area contributed by atoms with E-state index in [1.165, 1.54) is 12.1 Å². The first-order valence-corrected chi connectivity index (χ1v) is 8.86. The van der Waals surface area contributed by atoms with Gasteiger partial charge < -0.3 is 15.0 Å². The third kappa shape index (κ3) is 4.00. The van der Waals surface area contributed by atoms with Crippen LogP contribution in [-0.2, 0) is 4.79 Å². The fraction of sp³-hybridized carbons (Fsp3) is 0.333. The van der Waals surface area contributed by atoms with Crippen LogP contribution in [0.1, 0.15) is 12.8 Å². The summed E-state index contributed by atoms with van der Waals surface area (Å²) in [5.41, 5.74) is 1.23. The van der Waals surface area contributed by atoms with Gasteiger partial charge in [-0.05, 0) is 49.2 Å². The number of benzene rings is 1. The van der Waals surface area contributed by atoms with Crippen molar-refractivity contribution in [1.82, 2.24) is 19.8 Å². The predicted octanol–water partition coefficient (Wildman–Crippen LogP) is 2.58. The fourth-order valence-electron chi connectivity index (χ4n) is 3.22. The van der Waals surface area contributed by atoms with Gasteiger partial charge in [-0.15, -0.1) is 15.3 Å². The van der Waals surface area contributed by atoms with Crippen LogP contribution in [0.15, 0.2) is 42.7 Å². The molecule has 1 aliphatic heterocycles. The fourth-order valence-corrected chi connectivity index (χ4v) is 3.22. The number of nitrogens with zero attached hydrogens (tertiary/aromatic N) is 5. The van der Waals surface area contributed by atoms with Crippen molar-refractivity contribution in [1.29, 1.82) is 0 Å². The van der Waals surface area contributed by atoms with Gasteiger partial charge in [0, 0.05) is 24.7 Å². The molecule has 1 fully saturated rings. The number of hydrogen-bond acceptors (Lipinski definition) is 6. The largest absolute Gasteiger partial charge is 0.435 e. The van der Waals surface area contributed by atoms with E-state index < -0.39 is 6.61 Å². The summed E-state index contributed by atoms with van der Waals surface area (Å²) in [4.78, 5) is 14.6. The molecule has 28 heavy (non-hydrogen) atoms. The van der Waals surface area contributed by atoms with Gasteiger partial charge in [0.1, 0.15) is 17.9 Å². The summed E-state index contributed by atoms with van der Waals surface area (Å²) >= 11 is 0. The summed E-state index contributed by atoms with van der Waals surface area (Å²) in [5, 5.41) is 15.1. The Morgan fingerprint density at radius 2 is 1.89 bits per heavy atom. The van der Waals surface area contributed by atoms with E-state index in [-0.39, 0.29) is 17.6 Å². The van der Waals surface area contributed by atoms with Crippen LogP contribution >= 0.6 is 0 Å². The van der Waals surface area contributed by atoms with E-state index in [9.17, 15) is 13.6 Å². The number of fused-ring (bicyclic) bond motifs is 1. The smallest absolute Gasteiger partial charge is 0.387 e. The van der Waals surface area contributed by atoms with Gasteiger partial charge in [0.05, 0.1) is 0 Å². The van der Waals surface area contributed by atoms with Crippen LogP contribution < -0.4 is 15.0 Å². The lowest BCUT2D eigenvalue weighted by molar-refractivity contribution is -0.120. The SMILES string of the molecule is O=C(Nc1ccc(OC(F)F)cc1)C1CCN(c2ccc3nncn3n2)CC1. The lowest BCUT2D eigenvalue weighted by Crippen LogP contribution is -2.38. The number of piperidine rings is 1. The molecule has 1 aromatic carbocycles. The molecule has 0 aliphatic carbocycles. The van der Waals surface area contributed by atoms with Crippen LogP contribution in [0.4, 0.5) is 20.3 Å². The second-order valence-corrected chi connectivity index (χ2v) is 6.48. The first-order valence-electron chi connectivity index (χ1n) is 8.86. The Labute approximate surface area is 159 Å². The molecule has 3 heterocycles. The van der Waals surface area contributed by atoms with Crippen molar-refractivity contribution in [3.63, 3.8) is 0 Å². The van der Waals surface area contributed by atoms with Crippen molar-refractivity contribution in [2.75, 3.05) is 23.3 Å². The van der Waals surface area contributed by atoms with Gasteiger partial charge in [-0.1, -0.05) is 0 Å². The summed E-state index contributed by atoms with van der Waals surface area (Å²) in [6, 6.07) is 9.64. The molecule has 8 nitrogen and oxygen atoms in total. The number of nitrogens with one attached hydrogen (secondary N) is 1. The molecule has 0 bridgehead atoms. The average molecular weight is 388 g/mol. The van der Waals surface area contributed by atoms with E-state index in [2.05, 4.69) is 30.2 Å². The summed E-state index contributed by atoms with van der Waals surface area (Å²) in [6.07, 6.45) is 2.94. The highest BCUT2D eigenvalue weighted by Crippen LogP contribution is 2.24. The Morgan fingerprint density at radius 1 is 1.14 bits per heavy atom. The zero-order chi connectivity index (χ0) is 19.5. The minimum Gasteiger partial charge on any atom is -0.435 e. The van der Waals surface area contributed by atoms with Gasteiger partial charge in [-0.25, -0.2) is 0 Å². The van der Waals surface area contributed by atoms with Crippen molar-refractivity contribution < 1.29 is 18.3 Å². The minimum absolute atomic E-state index is 0.0545. The topological polar surface area (TPSA) is 84.6 Å². The van der Waals surface area contributed by atoms with Gasteiger partial charge in [0.25, 0.3) is 0 Å². The maximum absolute atomic E-state index is 12.5. The number of halogens is 2. The molecule has 1 amide bonds. The van der Waals surface area contributed by atoms with Crippen molar-refractivity contribution in [3.05, 3.63) is 42.7 Å². The summed E-state index contributed by atoms with van der Waals surface area (Å²) in [5.74, 6) is 0.677. The van der Waals surface area contributed by atoms with Gasteiger partial charge in [0.15, 0.2) is 5.65 Å². The number of hydrogen-bond donors (Lipinski definition) is 1. The highest BCUT2D eigenvalue weighted by molar-refractivity contribution is 5.92. The van der Waals surface area contributed by atoms with Crippen LogP contribution in [0.5, 0.6) is 5.75 Å². The van der Waals surface area contributed by atoms with E-state index in [1.54, 1.807) is 23.0 Å². The average Bonchev–Trinajstić information content (AvgIpc) is 3.17. The molecule has 0 saturated carbocycles. The highest BCUT2D eigenvalue weighted by Gasteiger charge is 2.26. The number of amides is 1. The molecule has 4 rings (SSSR count). The number of carbonyl (C=O) groups excluding carboxylic acids is 1. The van der Waals surface area contributed by atoms with Gasteiger partial charge in [-0.3, -0.25) is 4.79 Å². The molecular formula is C18H18F2N6O2. The van der Waals surface area contributed by atoms with Crippen molar-refractivity contribution in [2.45, 2.75) is 19.5 Å². The maximum Gasteiger partial charge on any atom is 0.387 e. The maximum atomic E-state index is 12.5. The van der Waals surface area contributed by atoms with Crippen LogP contribution in [0, 0.1) is 5.92 Å². The third-order valence-corrected chi connectivity index (χ3v) is 4.68. The minimum atomic E-state index is -2.87. The zero-order valence-corrected chi connectivity index (χ0v) is 14.8. The first kappa shape index (κ1) is 18.1. The molecule has 10 heteroatoms. The highest BCUT2D eigenvalue weighted by atomic mass is 19.3. The normalized spacial score (nSPS) is 15.2. The second kappa shape index (κ2) is 7.75. The van der Waals surface area contributed by atoms with Crippen molar-refractivity contribution >= 4 is 23.1 Å². The van der Waals surface area contributed by atoms with E-state index in [0.29, 0.717) is 37.3 Å². The lowest BCUT2D eigenvalue weighted by atomic mass is 9.96. The predicted molar refractivity (Wildman–Crippen MR) is 97.4 cm³/mol. The molecule has 0 radical (unpaired) electrons. The molecular weight excluding hydrogens is 370 g/mol. The number of rotatable bonds is 5. The summed E-state index contributed by atoms with van der Waals surface area (Å²) < 4.78 is 30.3. The molecule has 3 aromatic rings. The summed E-state index contributed by atoms with van der Waals surface area (Å²) in [7, 11) is 0. The molecule has 0 unspecified atom stereocenters. The Bertz CT molecular complexity index is 954. The molecule has 2 aromatic heterocycles. The molecule has 0 spiro atoms. The lowest BCUT2D eigenvalue weighted by Gasteiger charge is -2.32. The number of aromatic nitrogens is 4. The van der Waals surface area contributed by atoms with E-state index in [4.69, 9.17) is 0 Å². The van der Waals surface area contributed by atoms with Gasteiger partial charge >= 0.3 is 6.61 Å². The van der Waals surface area contributed by atoms with Crippen LogP contribution in [0.2, 0.25) is 0 Å². The molecule has 146 valence electrons.